The van der Waals surface area contributed by atoms with Gasteiger partial charge < -0.3 is 4.74 Å². The lowest BCUT2D eigenvalue weighted by molar-refractivity contribution is 0.102. The van der Waals surface area contributed by atoms with Crippen LogP contribution in [-0.4, -0.2) is 60.2 Å². The number of likely N-dealkylation sites (tertiary alicyclic amines) is 1. The fourth-order valence-corrected chi connectivity index (χ4v) is 5.00. The first-order valence-corrected chi connectivity index (χ1v) is 9.23. The van der Waals surface area contributed by atoms with Crippen molar-refractivity contribution in [1.29, 1.82) is 0 Å². The van der Waals surface area contributed by atoms with Gasteiger partial charge in [0.1, 0.15) is 0 Å². The molecule has 2 aliphatic heterocycles. The van der Waals surface area contributed by atoms with E-state index >= 15 is 0 Å². The lowest BCUT2D eigenvalue weighted by atomic mass is 9.77. The zero-order valence-corrected chi connectivity index (χ0v) is 14.2. The van der Waals surface area contributed by atoms with E-state index in [4.69, 9.17) is 4.74 Å². The number of hydrogen-bond donors (Lipinski definition) is 0. The van der Waals surface area contributed by atoms with Gasteiger partial charge in [0.2, 0.25) is 0 Å². The summed E-state index contributed by atoms with van der Waals surface area (Å²) in [7, 11) is 2.29. The van der Waals surface area contributed by atoms with Gasteiger partial charge in [-0.2, -0.15) is 0 Å². The molecule has 4 atom stereocenters. The van der Waals surface area contributed by atoms with Crippen molar-refractivity contribution in [3.8, 4) is 0 Å². The van der Waals surface area contributed by atoms with Gasteiger partial charge in [0.15, 0.2) is 0 Å². The Kier molecular flexibility index (Phi) is 4.65. The van der Waals surface area contributed by atoms with E-state index in [1.54, 1.807) is 0 Å². The van der Waals surface area contributed by atoms with Crippen molar-refractivity contribution in [2.24, 2.45) is 11.8 Å². The number of rotatable bonds is 4. The molecule has 4 heteroatoms. The van der Waals surface area contributed by atoms with Crippen molar-refractivity contribution in [3.63, 3.8) is 0 Å². The van der Waals surface area contributed by atoms with E-state index in [1.807, 2.05) is 12.3 Å². The molecular weight excluding hydrogens is 286 g/mol. The quantitative estimate of drug-likeness (QED) is 0.853. The fourth-order valence-electron chi connectivity index (χ4n) is 5.00. The van der Waals surface area contributed by atoms with Crippen LogP contribution in [-0.2, 0) is 11.3 Å². The van der Waals surface area contributed by atoms with E-state index in [0.29, 0.717) is 12.1 Å². The molecule has 0 radical (unpaired) electrons. The summed E-state index contributed by atoms with van der Waals surface area (Å²) >= 11 is 0. The summed E-state index contributed by atoms with van der Waals surface area (Å²) in [5.74, 6) is 1.72. The molecule has 4 nitrogen and oxygen atoms in total. The largest absolute Gasteiger partial charge is 0.380 e. The van der Waals surface area contributed by atoms with E-state index < -0.39 is 0 Å². The Balaban J connectivity index is 1.42. The van der Waals surface area contributed by atoms with E-state index in [0.717, 1.165) is 31.6 Å². The molecule has 3 heterocycles. The van der Waals surface area contributed by atoms with Crippen LogP contribution in [0.25, 0.3) is 0 Å². The van der Waals surface area contributed by atoms with E-state index in [9.17, 15) is 0 Å². The molecule has 0 bridgehead atoms. The minimum Gasteiger partial charge on any atom is -0.380 e. The first kappa shape index (κ1) is 15.6. The monoisotopic (exact) mass is 315 g/mol. The Hall–Kier alpha value is -0.970. The summed E-state index contributed by atoms with van der Waals surface area (Å²) in [6.07, 6.45) is 7.29. The van der Waals surface area contributed by atoms with Gasteiger partial charge in [-0.1, -0.05) is 12.5 Å². The maximum Gasteiger partial charge on any atom is 0.0622 e. The van der Waals surface area contributed by atoms with Crippen LogP contribution in [0.3, 0.4) is 0 Å². The van der Waals surface area contributed by atoms with Gasteiger partial charge in [-0.05, 0) is 50.3 Å². The van der Waals surface area contributed by atoms with Crippen molar-refractivity contribution in [3.05, 3.63) is 30.1 Å². The highest BCUT2D eigenvalue weighted by molar-refractivity contribution is 5.04. The molecule has 126 valence electrons. The zero-order valence-electron chi connectivity index (χ0n) is 14.2. The number of aromatic nitrogens is 1. The summed E-state index contributed by atoms with van der Waals surface area (Å²) in [4.78, 5) is 9.80. The molecule has 0 spiro atoms. The van der Waals surface area contributed by atoms with Gasteiger partial charge in [0.25, 0.3) is 0 Å². The van der Waals surface area contributed by atoms with Crippen LogP contribution in [0.4, 0.5) is 0 Å². The molecule has 1 aliphatic carbocycles. The maximum atomic E-state index is 5.62. The highest BCUT2D eigenvalue weighted by Crippen LogP contribution is 2.40. The van der Waals surface area contributed by atoms with Gasteiger partial charge in [0, 0.05) is 44.5 Å². The average Bonchev–Trinajstić information content (AvgIpc) is 3.24. The molecular formula is C19H29N3O. The summed E-state index contributed by atoms with van der Waals surface area (Å²) in [5, 5.41) is 0. The minimum atomic E-state index is 0.683. The lowest BCUT2D eigenvalue weighted by Crippen LogP contribution is -2.43. The standard InChI is InChI=1S/C19H29N3O/c1-21(12-16-6-2-3-9-20-16)19-7-4-5-15-11-22(13-18(15)19)17-8-10-23-14-17/h2-3,6,9,15,17-19H,4-5,7-8,10-14H2,1H3/t15-,17-,18+,19-/m1/s1. The van der Waals surface area contributed by atoms with Crippen molar-refractivity contribution < 1.29 is 4.74 Å². The average molecular weight is 315 g/mol. The third-order valence-corrected chi connectivity index (χ3v) is 6.21. The number of hydrogen-bond acceptors (Lipinski definition) is 4. The topological polar surface area (TPSA) is 28.6 Å². The van der Waals surface area contributed by atoms with Crippen molar-refractivity contribution in [2.75, 3.05) is 33.4 Å². The van der Waals surface area contributed by atoms with Crippen LogP contribution in [0.5, 0.6) is 0 Å². The van der Waals surface area contributed by atoms with Gasteiger partial charge in [-0.25, -0.2) is 0 Å². The minimum absolute atomic E-state index is 0.683. The van der Waals surface area contributed by atoms with Gasteiger partial charge in [0.05, 0.1) is 12.3 Å². The Morgan fingerprint density at radius 2 is 2.22 bits per heavy atom. The van der Waals surface area contributed by atoms with E-state index in [1.165, 1.54) is 44.5 Å². The molecule has 3 aliphatic rings. The summed E-state index contributed by atoms with van der Waals surface area (Å²) in [5.41, 5.74) is 1.19. The third kappa shape index (κ3) is 3.30. The third-order valence-electron chi connectivity index (χ3n) is 6.21. The van der Waals surface area contributed by atoms with Crippen molar-refractivity contribution in [2.45, 2.75) is 44.3 Å². The van der Waals surface area contributed by atoms with Crippen LogP contribution in [0.15, 0.2) is 24.4 Å². The highest BCUT2D eigenvalue weighted by Gasteiger charge is 2.43. The normalized spacial score (nSPS) is 34.9. The summed E-state index contributed by atoms with van der Waals surface area (Å²) in [6, 6.07) is 7.63. The fraction of sp³-hybridized carbons (Fsp3) is 0.737. The van der Waals surface area contributed by atoms with E-state index in [2.05, 4.69) is 34.0 Å². The van der Waals surface area contributed by atoms with E-state index in [-0.39, 0.29) is 0 Å². The first-order chi connectivity index (χ1) is 11.3. The second kappa shape index (κ2) is 6.88. The Labute approximate surface area is 139 Å². The number of ether oxygens (including phenoxy) is 1. The van der Waals surface area contributed by atoms with Gasteiger partial charge in [-0.3, -0.25) is 14.8 Å². The van der Waals surface area contributed by atoms with Crippen molar-refractivity contribution in [1.82, 2.24) is 14.8 Å². The second-order valence-corrected chi connectivity index (χ2v) is 7.63. The predicted octanol–water partition coefficient (Wildman–Crippen LogP) is 2.40. The number of fused-ring (bicyclic) bond motifs is 1. The highest BCUT2D eigenvalue weighted by atomic mass is 16.5. The van der Waals surface area contributed by atoms with Gasteiger partial charge >= 0.3 is 0 Å². The molecule has 2 saturated heterocycles. The Morgan fingerprint density at radius 1 is 1.26 bits per heavy atom. The molecule has 0 unspecified atom stereocenters. The van der Waals surface area contributed by atoms with Gasteiger partial charge in [-0.15, -0.1) is 0 Å². The molecule has 3 fully saturated rings. The molecule has 0 N–H and O–H groups in total. The molecule has 1 saturated carbocycles. The Bertz CT molecular complexity index is 503. The number of pyridine rings is 1. The predicted molar refractivity (Wildman–Crippen MR) is 91.1 cm³/mol. The first-order valence-electron chi connectivity index (χ1n) is 9.23. The molecule has 4 rings (SSSR count). The van der Waals surface area contributed by atoms with Crippen LogP contribution in [0.1, 0.15) is 31.4 Å². The summed E-state index contributed by atoms with van der Waals surface area (Å²) < 4.78 is 5.62. The van der Waals surface area contributed by atoms with Crippen LogP contribution >= 0.6 is 0 Å². The molecule has 1 aromatic rings. The van der Waals surface area contributed by atoms with Crippen LogP contribution in [0, 0.1) is 11.8 Å². The molecule has 1 aromatic heterocycles. The second-order valence-electron chi connectivity index (χ2n) is 7.63. The van der Waals surface area contributed by atoms with Crippen LogP contribution in [0.2, 0.25) is 0 Å². The number of nitrogens with zero attached hydrogens (tertiary/aromatic N) is 3. The van der Waals surface area contributed by atoms with Crippen LogP contribution < -0.4 is 0 Å². The molecule has 0 amide bonds. The smallest absolute Gasteiger partial charge is 0.0622 e. The zero-order chi connectivity index (χ0) is 15.6. The molecule has 23 heavy (non-hydrogen) atoms. The SMILES string of the molecule is CN(Cc1ccccn1)[C@@H]1CCC[C@@H]2CN([C@@H]3CCOC3)C[C@@H]21. The van der Waals surface area contributed by atoms with Crippen molar-refractivity contribution >= 4 is 0 Å². The maximum absolute atomic E-state index is 5.62. The molecule has 0 aromatic carbocycles. The Morgan fingerprint density at radius 3 is 3.00 bits per heavy atom. The lowest BCUT2D eigenvalue weighted by Gasteiger charge is -2.39. The summed E-state index contributed by atoms with van der Waals surface area (Å²) in [6.45, 7) is 5.46.